The van der Waals surface area contributed by atoms with Crippen LogP contribution in [0.25, 0.3) is 0 Å². The Kier molecular flexibility index (Phi) is 4.50. The highest BCUT2D eigenvalue weighted by Gasteiger charge is 2.53. The van der Waals surface area contributed by atoms with E-state index in [0.717, 1.165) is 11.1 Å². The van der Waals surface area contributed by atoms with Crippen LogP contribution in [0.4, 0.5) is 0 Å². The molecule has 142 valence electrons. The zero-order valence-corrected chi connectivity index (χ0v) is 16.0. The van der Waals surface area contributed by atoms with E-state index < -0.39 is 0 Å². The number of hydrogen-bond donors (Lipinski definition) is 2. The van der Waals surface area contributed by atoms with E-state index in [1.54, 1.807) is 17.8 Å². The third-order valence-electron chi connectivity index (χ3n) is 6.02. The second kappa shape index (κ2) is 6.83. The van der Waals surface area contributed by atoms with Gasteiger partial charge < -0.3 is 10.6 Å². The van der Waals surface area contributed by atoms with Crippen LogP contribution in [0, 0.1) is 18.8 Å². The lowest BCUT2D eigenvalue weighted by atomic mass is 10.1. The van der Waals surface area contributed by atoms with Gasteiger partial charge in [-0.2, -0.15) is 5.10 Å². The van der Waals surface area contributed by atoms with Crippen LogP contribution in [-0.2, 0) is 0 Å². The van der Waals surface area contributed by atoms with Crippen molar-refractivity contribution in [3.8, 4) is 0 Å². The number of fused-ring (bicyclic) bond motifs is 1. The monoisotopic (exact) mass is 366 g/mol. The van der Waals surface area contributed by atoms with Crippen LogP contribution in [-0.4, -0.2) is 34.7 Å². The maximum Gasteiger partial charge on any atom is 0.271 e. The lowest BCUT2D eigenvalue weighted by molar-refractivity contribution is 0.0931. The van der Waals surface area contributed by atoms with E-state index in [-0.39, 0.29) is 29.6 Å². The number of aromatic nitrogens is 2. The third-order valence-corrected chi connectivity index (χ3v) is 6.02. The molecule has 6 heteroatoms. The Morgan fingerprint density at radius 2 is 1.93 bits per heavy atom. The first-order chi connectivity index (χ1) is 13.0. The van der Waals surface area contributed by atoms with Gasteiger partial charge >= 0.3 is 0 Å². The number of nitrogens with one attached hydrogen (secondary N) is 2. The zero-order valence-electron chi connectivity index (χ0n) is 16.0. The smallest absolute Gasteiger partial charge is 0.271 e. The highest BCUT2D eigenvalue weighted by Crippen LogP contribution is 2.51. The number of amides is 2. The summed E-state index contributed by atoms with van der Waals surface area (Å²) in [5, 5.41) is 10.2. The fourth-order valence-electron chi connectivity index (χ4n) is 4.43. The molecule has 0 radical (unpaired) electrons. The van der Waals surface area contributed by atoms with Gasteiger partial charge in [-0.05, 0) is 44.1 Å². The molecule has 1 aromatic carbocycles. The zero-order chi connectivity index (χ0) is 19.1. The summed E-state index contributed by atoms with van der Waals surface area (Å²) in [5.41, 5.74) is 2.90. The van der Waals surface area contributed by atoms with Gasteiger partial charge in [0.1, 0.15) is 5.69 Å². The number of nitrogens with zero attached hydrogens (tertiary/aromatic N) is 2. The molecule has 2 saturated carbocycles. The number of carbonyl (C=O) groups excluding carboxylic acids is 2. The molecule has 1 heterocycles. The van der Waals surface area contributed by atoms with Crippen molar-refractivity contribution in [1.29, 1.82) is 0 Å². The molecular formula is C21H26N4O2. The molecule has 2 aliphatic rings. The van der Waals surface area contributed by atoms with Gasteiger partial charge in [0.25, 0.3) is 11.8 Å². The van der Waals surface area contributed by atoms with Crippen LogP contribution in [0.2, 0.25) is 0 Å². The molecule has 6 nitrogen and oxygen atoms in total. The van der Waals surface area contributed by atoms with Crippen molar-refractivity contribution in [3.05, 3.63) is 52.8 Å². The molecule has 2 aliphatic carbocycles. The highest BCUT2D eigenvalue weighted by atomic mass is 16.2. The lowest BCUT2D eigenvalue weighted by Crippen LogP contribution is -2.31. The quantitative estimate of drug-likeness (QED) is 0.854. The Morgan fingerprint density at radius 3 is 2.59 bits per heavy atom. The van der Waals surface area contributed by atoms with Crippen molar-refractivity contribution >= 4 is 11.8 Å². The molecule has 3 atom stereocenters. The molecule has 1 aromatic heterocycles. The Bertz CT molecular complexity index is 878. The Morgan fingerprint density at radius 1 is 1.19 bits per heavy atom. The maximum atomic E-state index is 13.0. The molecule has 0 spiro atoms. The van der Waals surface area contributed by atoms with E-state index in [1.807, 2.05) is 32.0 Å². The molecular weight excluding hydrogens is 340 g/mol. The minimum Gasteiger partial charge on any atom is -0.354 e. The van der Waals surface area contributed by atoms with E-state index in [2.05, 4.69) is 21.8 Å². The van der Waals surface area contributed by atoms with Crippen molar-refractivity contribution in [3.63, 3.8) is 0 Å². The average molecular weight is 366 g/mol. The number of benzene rings is 1. The molecule has 4 rings (SSSR count). The van der Waals surface area contributed by atoms with Crippen LogP contribution in [0.3, 0.4) is 0 Å². The Labute approximate surface area is 159 Å². The Balaban J connectivity index is 1.63. The van der Waals surface area contributed by atoms with Gasteiger partial charge in [-0.15, -0.1) is 0 Å². The van der Waals surface area contributed by atoms with Crippen LogP contribution in [0.5, 0.6) is 0 Å². The van der Waals surface area contributed by atoms with Gasteiger partial charge in [-0.3, -0.25) is 14.3 Å². The molecule has 0 aliphatic heterocycles. The fraction of sp³-hybridized carbons (Fsp3) is 0.476. The summed E-state index contributed by atoms with van der Waals surface area (Å²) in [5.74, 6) is 0.843. The lowest BCUT2D eigenvalue weighted by Gasteiger charge is -2.17. The summed E-state index contributed by atoms with van der Waals surface area (Å²) >= 11 is 0. The first-order valence-electron chi connectivity index (χ1n) is 9.68. The van der Waals surface area contributed by atoms with Crippen molar-refractivity contribution in [2.75, 3.05) is 7.05 Å². The van der Waals surface area contributed by atoms with E-state index in [4.69, 9.17) is 0 Å². The van der Waals surface area contributed by atoms with E-state index in [0.29, 0.717) is 17.5 Å². The fourth-order valence-corrected chi connectivity index (χ4v) is 4.43. The van der Waals surface area contributed by atoms with Crippen LogP contribution in [0.15, 0.2) is 30.3 Å². The predicted octanol–water partition coefficient (Wildman–Crippen LogP) is 2.69. The summed E-state index contributed by atoms with van der Waals surface area (Å²) < 4.78 is 1.67. The average Bonchev–Trinajstić information content (AvgIpc) is 3.07. The van der Waals surface area contributed by atoms with Crippen molar-refractivity contribution in [2.24, 2.45) is 11.8 Å². The van der Waals surface area contributed by atoms with Crippen LogP contribution < -0.4 is 10.6 Å². The summed E-state index contributed by atoms with van der Waals surface area (Å²) in [4.78, 5) is 25.1. The molecule has 0 bridgehead atoms. The van der Waals surface area contributed by atoms with Crippen molar-refractivity contribution in [1.82, 2.24) is 20.4 Å². The van der Waals surface area contributed by atoms with Crippen LogP contribution >= 0.6 is 0 Å². The SMILES string of the molecule is CNC(=O)c1cc(C(=O)NC2C3CCCC32)n(C(C)c2cccc(C)c2)n1. The van der Waals surface area contributed by atoms with Crippen molar-refractivity contribution in [2.45, 2.75) is 45.2 Å². The topological polar surface area (TPSA) is 76.0 Å². The predicted molar refractivity (Wildman–Crippen MR) is 103 cm³/mol. The van der Waals surface area contributed by atoms with Gasteiger partial charge in [0.05, 0.1) is 6.04 Å². The molecule has 2 amide bonds. The Hall–Kier alpha value is -2.63. The van der Waals surface area contributed by atoms with Gasteiger partial charge in [-0.25, -0.2) is 0 Å². The second-order valence-electron chi connectivity index (χ2n) is 7.79. The van der Waals surface area contributed by atoms with E-state index in [9.17, 15) is 9.59 Å². The first-order valence-corrected chi connectivity index (χ1v) is 9.68. The number of carbonyl (C=O) groups is 2. The highest BCUT2D eigenvalue weighted by molar-refractivity contribution is 5.98. The summed E-state index contributed by atoms with van der Waals surface area (Å²) in [6.45, 7) is 4.03. The minimum atomic E-state index is -0.289. The second-order valence-corrected chi connectivity index (χ2v) is 7.79. The first kappa shape index (κ1) is 17.8. The minimum absolute atomic E-state index is 0.142. The molecule has 27 heavy (non-hydrogen) atoms. The largest absolute Gasteiger partial charge is 0.354 e. The molecule has 2 aromatic rings. The standard InChI is InChI=1S/C21H26N4O2/c1-12-6-4-7-14(10-12)13(2)25-18(11-17(24-25)20(26)22-3)21(27)23-19-15-8-5-9-16(15)19/h4,6-7,10-11,13,15-16,19H,5,8-9H2,1-3H3,(H,22,26)(H,23,27). The summed E-state index contributed by atoms with van der Waals surface area (Å²) in [6, 6.07) is 9.86. The molecule has 0 saturated heterocycles. The molecule has 2 fully saturated rings. The van der Waals surface area contributed by atoms with Crippen LogP contribution in [0.1, 0.15) is 64.3 Å². The van der Waals surface area contributed by atoms with Crippen molar-refractivity contribution < 1.29 is 9.59 Å². The van der Waals surface area contributed by atoms with E-state index >= 15 is 0 Å². The number of rotatable bonds is 5. The van der Waals surface area contributed by atoms with E-state index in [1.165, 1.54) is 19.3 Å². The normalized spacial score (nSPS) is 24.2. The molecule has 2 N–H and O–H groups in total. The number of hydrogen-bond acceptors (Lipinski definition) is 3. The number of aryl methyl sites for hydroxylation is 1. The van der Waals surface area contributed by atoms with Gasteiger partial charge in [-0.1, -0.05) is 36.2 Å². The van der Waals surface area contributed by atoms with Gasteiger partial charge in [0.2, 0.25) is 0 Å². The van der Waals surface area contributed by atoms with Gasteiger partial charge in [0.15, 0.2) is 5.69 Å². The molecule has 3 unspecified atom stereocenters. The summed E-state index contributed by atoms with van der Waals surface area (Å²) in [6.07, 6.45) is 3.68. The van der Waals surface area contributed by atoms with Gasteiger partial charge in [0, 0.05) is 19.2 Å². The maximum absolute atomic E-state index is 13.0. The summed E-state index contributed by atoms with van der Waals surface area (Å²) in [7, 11) is 1.57. The third kappa shape index (κ3) is 3.24.